The van der Waals surface area contributed by atoms with Crippen LogP contribution in [0.25, 0.3) is 0 Å². The Morgan fingerprint density at radius 2 is 1.45 bits per heavy atom. The molecule has 0 aliphatic heterocycles. The first kappa shape index (κ1) is 21.7. The number of nitrogens with zero attached hydrogens (tertiary/aromatic N) is 1. The van der Waals surface area contributed by atoms with Gasteiger partial charge < -0.3 is 0 Å². The molecule has 1 aliphatic rings. The van der Waals surface area contributed by atoms with Crippen molar-refractivity contribution in [3.63, 3.8) is 0 Å². The Labute approximate surface area is 174 Å². The van der Waals surface area contributed by atoms with Gasteiger partial charge in [-0.05, 0) is 91.5 Å². The maximum Gasteiger partial charge on any atom is 0.123 e. The van der Waals surface area contributed by atoms with Crippen LogP contribution in [0.1, 0.15) is 49.4 Å². The summed E-state index contributed by atoms with van der Waals surface area (Å²) in [6.45, 7) is 12.7. The summed E-state index contributed by atoms with van der Waals surface area (Å²) in [6.07, 6.45) is 3.57. The van der Waals surface area contributed by atoms with Crippen molar-refractivity contribution in [2.75, 3.05) is 6.54 Å². The topological polar surface area (TPSA) is 3.24 Å². The number of aryl methyl sites for hydroxylation is 2. The first-order valence-corrected chi connectivity index (χ1v) is 10.6. The minimum Gasteiger partial charge on any atom is -0.291 e. The van der Waals surface area contributed by atoms with Crippen molar-refractivity contribution < 1.29 is 8.78 Å². The van der Waals surface area contributed by atoms with E-state index in [1.165, 1.54) is 12.0 Å². The number of hydrogen-bond donors (Lipinski definition) is 0. The summed E-state index contributed by atoms with van der Waals surface area (Å²) < 4.78 is 27.8. The number of rotatable bonds is 7. The van der Waals surface area contributed by atoms with Gasteiger partial charge in [0.25, 0.3) is 0 Å². The summed E-state index contributed by atoms with van der Waals surface area (Å²) in [5.74, 6) is 1.79. The third-order valence-electron chi connectivity index (χ3n) is 6.43. The Morgan fingerprint density at radius 1 is 0.931 bits per heavy atom. The van der Waals surface area contributed by atoms with Crippen molar-refractivity contribution in [2.45, 2.75) is 54.1 Å². The fraction of sp³-hybridized carbons (Fsp3) is 0.462. The van der Waals surface area contributed by atoms with Crippen LogP contribution in [0.2, 0.25) is 0 Å². The lowest BCUT2D eigenvalue weighted by atomic mass is 9.64. The summed E-state index contributed by atoms with van der Waals surface area (Å²) in [5, 5.41) is 0. The first-order valence-electron chi connectivity index (χ1n) is 10.6. The average Bonchev–Trinajstić information content (AvgIpc) is 2.62. The van der Waals surface area contributed by atoms with E-state index in [-0.39, 0.29) is 11.6 Å². The van der Waals surface area contributed by atoms with Crippen LogP contribution in [0.15, 0.2) is 48.0 Å². The van der Waals surface area contributed by atoms with Gasteiger partial charge >= 0.3 is 0 Å². The smallest absolute Gasteiger partial charge is 0.123 e. The van der Waals surface area contributed by atoms with Crippen LogP contribution in [0.4, 0.5) is 8.78 Å². The highest BCUT2D eigenvalue weighted by atomic mass is 19.1. The van der Waals surface area contributed by atoms with Gasteiger partial charge in [0.05, 0.1) is 0 Å². The normalized spacial score (nSPS) is 22.1. The number of hydrogen-bond acceptors (Lipinski definition) is 1. The van der Waals surface area contributed by atoms with Gasteiger partial charge in [-0.25, -0.2) is 8.78 Å². The summed E-state index contributed by atoms with van der Waals surface area (Å²) in [5.41, 5.74) is 5.18. The monoisotopic (exact) mass is 397 g/mol. The fourth-order valence-corrected chi connectivity index (χ4v) is 4.56. The van der Waals surface area contributed by atoms with Crippen molar-refractivity contribution in [3.8, 4) is 0 Å². The molecule has 2 aromatic rings. The van der Waals surface area contributed by atoms with Crippen molar-refractivity contribution in [2.24, 2.45) is 17.8 Å². The van der Waals surface area contributed by atoms with Gasteiger partial charge in [-0.3, -0.25) is 4.90 Å². The summed E-state index contributed by atoms with van der Waals surface area (Å²) >= 11 is 0. The molecule has 0 heterocycles. The quantitative estimate of drug-likeness (QED) is 0.463. The van der Waals surface area contributed by atoms with E-state index < -0.39 is 0 Å². The first-order chi connectivity index (χ1) is 13.7. The highest BCUT2D eigenvalue weighted by Crippen LogP contribution is 2.43. The van der Waals surface area contributed by atoms with Crippen molar-refractivity contribution in [3.05, 3.63) is 81.9 Å². The minimum atomic E-state index is -0.203. The minimum absolute atomic E-state index is 0.203. The zero-order valence-electron chi connectivity index (χ0n) is 18.3. The zero-order valence-corrected chi connectivity index (χ0v) is 18.3. The number of halogens is 2. The second kappa shape index (κ2) is 9.21. The molecular weight excluding hydrogens is 364 g/mol. The highest BCUT2D eigenvalue weighted by Gasteiger charge is 2.34. The van der Waals surface area contributed by atoms with E-state index in [1.54, 1.807) is 24.3 Å². The van der Waals surface area contributed by atoms with E-state index in [4.69, 9.17) is 0 Å². The average molecular weight is 398 g/mol. The molecule has 1 fully saturated rings. The molecule has 0 spiro atoms. The number of benzene rings is 2. The summed E-state index contributed by atoms with van der Waals surface area (Å²) in [4.78, 5) is 2.26. The van der Waals surface area contributed by atoms with Crippen molar-refractivity contribution >= 4 is 0 Å². The molecular formula is C26H33F2N. The van der Waals surface area contributed by atoms with E-state index >= 15 is 0 Å². The lowest BCUT2D eigenvalue weighted by Crippen LogP contribution is -2.33. The molecule has 3 heteroatoms. The third kappa shape index (κ3) is 5.76. The van der Waals surface area contributed by atoms with Gasteiger partial charge in [0.2, 0.25) is 0 Å². The predicted octanol–water partition coefficient (Wildman–Crippen LogP) is 6.82. The lowest BCUT2D eigenvalue weighted by molar-refractivity contribution is 0.134. The third-order valence-corrected chi connectivity index (χ3v) is 6.43. The maximum absolute atomic E-state index is 13.9. The molecule has 0 bridgehead atoms. The van der Waals surface area contributed by atoms with Crippen LogP contribution < -0.4 is 0 Å². The Kier molecular flexibility index (Phi) is 6.89. The van der Waals surface area contributed by atoms with Gasteiger partial charge in [-0.2, -0.15) is 0 Å². The molecule has 3 rings (SSSR count). The molecule has 3 unspecified atom stereocenters. The van der Waals surface area contributed by atoms with Gasteiger partial charge in [0.15, 0.2) is 0 Å². The zero-order chi connectivity index (χ0) is 21.1. The van der Waals surface area contributed by atoms with E-state index in [0.29, 0.717) is 19.0 Å². The Balaban J connectivity index is 1.78. The van der Waals surface area contributed by atoms with Crippen LogP contribution in [0.3, 0.4) is 0 Å². The molecule has 29 heavy (non-hydrogen) atoms. The molecule has 156 valence electrons. The molecule has 0 radical (unpaired) electrons. The Morgan fingerprint density at radius 3 is 1.86 bits per heavy atom. The molecule has 1 aliphatic carbocycles. The number of allylic oxidation sites excluding steroid dienone is 1. The van der Waals surface area contributed by atoms with Crippen LogP contribution in [0.5, 0.6) is 0 Å². The SMILES string of the molecule is C/C(=C\CN(Cc1cc(C)cc(F)c1)Cc1cc(C)cc(F)c1)C1CC(C)C1C. The standard InChI is InChI=1S/C26H33F2N/c1-17-8-22(13-24(27)10-17)15-29(16-23-9-18(2)11-25(28)14-23)7-6-19(3)26-12-20(4)21(26)5/h6,8-11,13-14,20-21,26H,7,12,15-16H2,1-5H3/b19-6+. The molecule has 0 amide bonds. The second-order valence-corrected chi connectivity index (χ2v) is 9.07. The summed E-state index contributed by atoms with van der Waals surface area (Å²) in [7, 11) is 0. The molecule has 2 aromatic carbocycles. The lowest BCUT2D eigenvalue weighted by Gasteiger charge is -2.42. The van der Waals surface area contributed by atoms with Crippen molar-refractivity contribution in [1.29, 1.82) is 0 Å². The highest BCUT2D eigenvalue weighted by molar-refractivity contribution is 5.26. The van der Waals surface area contributed by atoms with E-state index in [1.807, 2.05) is 26.0 Å². The fourth-order valence-electron chi connectivity index (χ4n) is 4.56. The maximum atomic E-state index is 13.9. The van der Waals surface area contributed by atoms with Crippen LogP contribution in [0, 0.1) is 43.2 Å². The van der Waals surface area contributed by atoms with E-state index in [2.05, 4.69) is 31.7 Å². The second-order valence-electron chi connectivity index (χ2n) is 9.07. The molecule has 1 saturated carbocycles. The molecule has 0 aromatic heterocycles. The molecule has 3 atom stereocenters. The molecule has 0 N–H and O–H groups in total. The van der Waals surface area contributed by atoms with Crippen molar-refractivity contribution in [1.82, 2.24) is 4.90 Å². The largest absolute Gasteiger partial charge is 0.291 e. The van der Waals surface area contributed by atoms with Crippen LogP contribution >= 0.6 is 0 Å². The predicted molar refractivity (Wildman–Crippen MR) is 117 cm³/mol. The summed E-state index contributed by atoms with van der Waals surface area (Å²) in [6, 6.07) is 10.4. The van der Waals surface area contributed by atoms with E-state index in [9.17, 15) is 8.78 Å². The Hall–Kier alpha value is -2.00. The van der Waals surface area contributed by atoms with Gasteiger partial charge in [-0.15, -0.1) is 0 Å². The van der Waals surface area contributed by atoms with Gasteiger partial charge in [-0.1, -0.05) is 37.6 Å². The molecule has 0 saturated heterocycles. The van der Waals surface area contributed by atoms with E-state index in [0.717, 1.165) is 40.6 Å². The Bertz CT molecular complexity index is 792. The van der Waals surface area contributed by atoms with Crippen LogP contribution in [-0.2, 0) is 13.1 Å². The van der Waals surface area contributed by atoms with Gasteiger partial charge in [0, 0.05) is 19.6 Å². The van der Waals surface area contributed by atoms with Crippen LogP contribution in [-0.4, -0.2) is 11.4 Å². The molecule has 1 nitrogen and oxygen atoms in total. The van der Waals surface area contributed by atoms with Gasteiger partial charge in [0.1, 0.15) is 11.6 Å².